The molecule has 4 rings (SSSR count). The van der Waals surface area contributed by atoms with Crippen LogP contribution in [-0.4, -0.2) is 29.7 Å². The van der Waals surface area contributed by atoms with E-state index in [9.17, 15) is 18.0 Å². The van der Waals surface area contributed by atoms with Gasteiger partial charge in [0.05, 0.1) is 12.7 Å². The van der Waals surface area contributed by atoms with Crippen LogP contribution in [0.25, 0.3) is 11.1 Å². The molecule has 1 aliphatic rings. The minimum absolute atomic E-state index is 0.230. The number of hydrogen-bond acceptors (Lipinski definition) is 4. The molecule has 6 nitrogen and oxygen atoms in total. The van der Waals surface area contributed by atoms with Gasteiger partial charge < -0.3 is 10.1 Å². The van der Waals surface area contributed by atoms with Gasteiger partial charge in [-0.1, -0.05) is 12.1 Å². The van der Waals surface area contributed by atoms with Crippen molar-refractivity contribution in [3.63, 3.8) is 0 Å². The molecule has 154 valence electrons. The maximum absolute atomic E-state index is 13.4. The highest BCUT2D eigenvalue weighted by Gasteiger charge is 2.37. The second kappa shape index (κ2) is 7.66. The van der Waals surface area contributed by atoms with E-state index >= 15 is 0 Å². The number of carbonyl (C=O) groups excluding carboxylic acids is 1. The Morgan fingerprint density at radius 3 is 2.60 bits per heavy atom. The summed E-state index contributed by atoms with van der Waals surface area (Å²) in [4.78, 5) is 22.1. The van der Waals surface area contributed by atoms with Gasteiger partial charge in [-0.2, -0.15) is 13.2 Å². The highest BCUT2D eigenvalue weighted by molar-refractivity contribution is 6.03. The zero-order valence-corrected chi connectivity index (χ0v) is 15.9. The number of halogens is 3. The number of urea groups is 1. The maximum Gasteiger partial charge on any atom is 0.420 e. The molecular weight excluding hydrogens is 397 g/mol. The van der Waals surface area contributed by atoms with Crippen molar-refractivity contribution in [3.05, 3.63) is 66.2 Å². The van der Waals surface area contributed by atoms with Crippen LogP contribution in [0.2, 0.25) is 0 Å². The third-order valence-electron chi connectivity index (χ3n) is 4.85. The van der Waals surface area contributed by atoms with Gasteiger partial charge in [0, 0.05) is 35.9 Å². The number of fused-ring (bicyclic) bond motifs is 1. The molecule has 0 fully saturated rings. The molecule has 3 aromatic rings. The lowest BCUT2D eigenvalue weighted by Crippen LogP contribution is -2.33. The molecule has 0 saturated carbocycles. The quantitative estimate of drug-likeness (QED) is 0.671. The van der Waals surface area contributed by atoms with Crippen molar-refractivity contribution < 1.29 is 22.7 Å². The predicted molar refractivity (Wildman–Crippen MR) is 106 cm³/mol. The van der Waals surface area contributed by atoms with Gasteiger partial charge in [0.2, 0.25) is 0 Å². The number of nitrogens with one attached hydrogen (secondary N) is 1. The molecule has 0 spiro atoms. The third kappa shape index (κ3) is 3.78. The van der Waals surface area contributed by atoms with Crippen molar-refractivity contribution >= 4 is 17.4 Å². The lowest BCUT2D eigenvalue weighted by Gasteiger charge is -2.20. The minimum Gasteiger partial charge on any atom is -0.496 e. The normalized spacial score (nSPS) is 13.1. The molecule has 2 heterocycles. The van der Waals surface area contributed by atoms with Crippen LogP contribution in [0.1, 0.15) is 11.1 Å². The Balaban J connectivity index is 1.60. The number of aromatic nitrogens is 2. The van der Waals surface area contributed by atoms with Crippen molar-refractivity contribution in [1.82, 2.24) is 9.97 Å². The fourth-order valence-corrected chi connectivity index (χ4v) is 3.43. The van der Waals surface area contributed by atoms with Crippen molar-refractivity contribution in [2.75, 3.05) is 23.9 Å². The molecule has 0 atom stereocenters. The van der Waals surface area contributed by atoms with Gasteiger partial charge in [-0.3, -0.25) is 4.90 Å². The molecular formula is C21H17F3N4O2. The van der Waals surface area contributed by atoms with Crippen molar-refractivity contribution in [1.29, 1.82) is 0 Å². The number of amides is 2. The van der Waals surface area contributed by atoms with Crippen LogP contribution in [0.4, 0.5) is 29.3 Å². The summed E-state index contributed by atoms with van der Waals surface area (Å²) in [5.74, 6) is -0.249. The molecule has 1 N–H and O–H groups in total. The summed E-state index contributed by atoms with van der Waals surface area (Å²) in [6, 6.07) is 8.89. The number of alkyl halides is 3. The summed E-state index contributed by atoms with van der Waals surface area (Å²) in [6.07, 6.45) is 0.577. The van der Waals surface area contributed by atoms with Gasteiger partial charge in [-0.15, -0.1) is 0 Å². The number of ether oxygens (including phenoxy) is 1. The Hall–Kier alpha value is -3.62. The highest BCUT2D eigenvalue weighted by Crippen LogP contribution is 2.42. The summed E-state index contributed by atoms with van der Waals surface area (Å²) in [6.45, 7) is 0.276. The summed E-state index contributed by atoms with van der Waals surface area (Å²) in [7, 11) is 1.20. The van der Waals surface area contributed by atoms with Gasteiger partial charge in [-0.25, -0.2) is 14.8 Å². The standard InChI is InChI=1S/C21H17F3N4O2/c1-30-19-8-14-5-6-28(18(14)9-17(19)21(22,23)24)20(29)27-16-4-2-3-13(7-16)15-10-25-12-26-11-15/h2-4,7-12H,5-6H2,1H3,(H,27,29). The molecule has 9 heteroatoms. The van der Waals surface area contributed by atoms with E-state index < -0.39 is 17.8 Å². The zero-order chi connectivity index (χ0) is 21.3. The molecule has 0 radical (unpaired) electrons. The molecule has 1 aromatic heterocycles. The second-order valence-electron chi connectivity index (χ2n) is 6.72. The third-order valence-corrected chi connectivity index (χ3v) is 4.85. The average molecular weight is 414 g/mol. The predicted octanol–water partition coefficient (Wildman–Crippen LogP) is 4.77. The molecule has 0 bridgehead atoms. The molecule has 0 saturated heterocycles. The van der Waals surface area contributed by atoms with Gasteiger partial charge in [-0.05, 0) is 41.8 Å². The molecule has 0 unspecified atom stereocenters. The van der Waals surface area contributed by atoms with Gasteiger partial charge in [0.1, 0.15) is 12.1 Å². The Morgan fingerprint density at radius 1 is 1.13 bits per heavy atom. The maximum atomic E-state index is 13.4. The van der Waals surface area contributed by atoms with Gasteiger partial charge in [0.15, 0.2) is 0 Å². The van der Waals surface area contributed by atoms with E-state index in [4.69, 9.17) is 4.74 Å². The number of carbonyl (C=O) groups is 1. The Bertz CT molecular complexity index is 1090. The smallest absolute Gasteiger partial charge is 0.420 e. The van der Waals surface area contributed by atoms with E-state index in [0.717, 1.165) is 17.2 Å². The van der Waals surface area contributed by atoms with Crippen LogP contribution >= 0.6 is 0 Å². The Kier molecular flexibility index (Phi) is 5.03. The highest BCUT2D eigenvalue weighted by atomic mass is 19.4. The number of benzene rings is 2. The molecule has 0 aliphatic carbocycles. The lowest BCUT2D eigenvalue weighted by molar-refractivity contribution is -0.138. The minimum atomic E-state index is -4.59. The fraction of sp³-hybridized carbons (Fsp3) is 0.190. The number of methoxy groups -OCH3 is 1. The van der Waals surface area contributed by atoms with Crippen LogP contribution in [-0.2, 0) is 12.6 Å². The average Bonchev–Trinajstić information content (AvgIpc) is 3.16. The van der Waals surface area contributed by atoms with Crippen LogP contribution in [0.3, 0.4) is 0 Å². The van der Waals surface area contributed by atoms with Crippen LogP contribution in [0.5, 0.6) is 5.75 Å². The summed E-state index contributed by atoms with van der Waals surface area (Å²) in [5.41, 5.74) is 2.05. The van der Waals surface area contributed by atoms with Crippen molar-refractivity contribution in [2.24, 2.45) is 0 Å². The summed E-state index contributed by atoms with van der Waals surface area (Å²) < 4.78 is 45.0. The first kappa shape index (κ1) is 19.7. The number of nitrogens with zero attached hydrogens (tertiary/aromatic N) is 3. The number of anilines is 2. The number of rotatable bonds is 3. The van der Waals surface area contributed by atoms with E-state index in [1.165, 1.54) is 24.4 Å². The lowest BCUT2D eigenvalue weighted by atomic mass is 10.1. The van der Waals surface area contributed by atoms with Gasteiger partial charge >= 0.3 is 12.2 Å². The second-order valence-corrected chi connectivity index (χ2v) is 6.72. The van der Waals surface area contributed by atoms with E-state index in [0.29, 0.717) is 17.7 Å². The SMILES string of the molecule is COc1cc2c(cc1C(F)(F)F)N(C(=O)Nc1cccc(-c3cncnc3)c1)CC2. The monoisotopic (exact) mass is 414 g/mol. The fourth-order valence-electron chi connectivity index (χ4n) is 3.43. The van der Waals surface area contributed by atoms with Gasteiger partial charge in [0.25, 0.3) is 0 Å². The van der Waals surface area contributed by atoms with Crippen molar-refractivity contribution in [3.8, 4) is 16.9 Å². The van der Waals surface area contributed by atoms with Crippen LogP contribution in [0.15, 0.2) is 55.1 Å². The Labute approximate surface area is 170 Å². The first-order valence-electron chi connectivity index (χ1n) is 9.09. The van der Waals surface area contributed by atoms with E-state index in [2.05, 4.69) is 15.3 Å². The van der Waals surface area contributed by atoms with E-state index in [-0.39, 0.29) is 18.0 Å². The summed E-state index contributed by atoms with van der Waals surface area (Å²) >= 11 is 0. The largest absolute Gasteiger partial charge is 0.496 e. The molecule has 2 aromatic carbocycles. The molecule has 30 heavy (non-hydrogen) atoms. The molecule has 1 aliphatic heterocycles. The van der Waals surface area contributed by atoms with Crippen LogP contribution in [0, 0.1) is 0 Å². The summed E-state index contributed by atoms with van der Waals surface area (Å²) in [5, 5.41) is 2.76. The van der Waals surface area contributed by atoms with Crippen molar-refractivity contribution in [2.45, 2.75) is 12.6 Å². The number of hydrogen-bond donors (Lipinski definition) is 1. The zero-order valence-electron chi connectivity index (χ0n) is 15.9. The molecule has 2 amide bonds. The van der Waals surface area contributed by atoms with E-state index in [1.54, 1.807) is 30.6 Å². The first-order valence-corrected chi connectivity index (χ1v) is 9.09. The Morgan fingerprint density at radius 2 is 1.90 bits per heavy atom. The van der Waals surface area contributed by atoms with Crippen LogP contribution < -0.4 is 15.0 Å². The first-order chi connectivity index (χ1) is 14.4. The van der Waals surface area contributed by atoms with E-state index in [1.807, 2.05) is 6.07 Å². The topological polar surface area (TPSA) is 67.3 Å².